The van der Waals surface area contributed by atoms with E-state index in [1.54, 1.807) is 0 Å². The van der Waals surface area contributed by atoms with Gasteiger partial charge < -0.3 is 18.5 Å². The predicted octanol–water partition coefficient (Wildman–Crippen LogP) is 13.6. The summed E-state index contributed by atoms with van der Waals surface area (Å²) in [7, 11) is 0. The SMILES string of the molecule is N#Cc1ccc2c(c1)c1ccccc1n2-c1ccc2c(c1)Sc1cc(-n3c4ccccc4c4ccccc43)ccc1N2c1ccc2oc3ccccc3c2c1. The molecule has 0 aliphatic carbocycles. The molecule has 5 nitrogen and oxygen atoms in total. The first kappa shape index (κ1) is 30.3. The zero-order valence-corrected chi connectivity index (χ0v) is 30.1. The lowest BCUT2D eigenvalue weighted by atomic mass is 10.1. The number of nitrogens with zero attached hydrogens (tertiary/aromatic N) is 4. The lowest BCUT2D eigenvalue weighted by molar-refractivity contribution is 0.669. The summed E-state index contributed by atoms with van der Waals surface area (Å²) in [5.41, 5.74) is 12.5. The molecule has 12 rings (SSSR count). The van der Waals surface area contributed by atoms with Crippen LogP contribution in [0.25, 0.3) is 76.9 Å². The Balaban J connectivity index is 1.09. The molecule has 256 valence electrons. The second kappa shape index (κ2) is 11.4. The maximum atomic E-state index is 9.74. The van der Waals surface area contributed by atoms with Crippen LogP contribution in [0, 0.1) is 11.3 Å². The monoisotopic (exact) mass is 720 g/mol. The molecule has 6 heteroatoms. The Morgan fingerprint density at radius 1 is 0.418 bits per heavy atom. The van der Waals surface area contributed by atoms with Crippen LogP contribution in [0.2, 0.25) is 0 Å². The molecule has 0 radical (unpaired) electrons. The number of fused-ring (bicyclic) bond motifs is 11. The van der Waals surface area contributed by atoms with Crippen molar-refractivity contribution in [3.05, 3.63) is 175 Å². The maximum Gasteiger partial charge on any atom is 0.135 e. The maximum absolute atomic E-state index is 9.74. The number of para-hydroxylation sites is 4. The smallest absolute Gasteiger partial charge is 0.135 e. The normalized spacial score (nSPS) is 12.6. The lowest BCUT2D eigenvalue weighted by Gasteiger charge is -2.33. The van der Waals surface area contributed by atoms with Gasteiger partial charge in [-0.3, -0.25) is 0 Å². The van der Waals surface area contributed by atoms with Gasteiger partial charge in [0.25, 0.3) is 0 Å². The number of aromatic nitrogens is 2. The molecule has 1 aliphatic heterocycles. The number of benzene rings is 8. The van der Waals surface area contributed by atoms with Gasteiger partial charge in [-0.05, 0) is 97.1 Å². The van der Waals surface area contributed by atoms with Crippen molar-refractivity contribution in [1.29, 1.82) is 5.26 Å². The van der Waals surface area contributed by atoms with Gasteiger partial charge in [0, 0.05) is 59.2 Å². The van der Waals surface area contributed by atoms with Gasteiger partial charge in [-0.25, -0.2) is 0 Å². The fourth-order valence-electron chi connectivity index (χ4n) is 8.72. The average molecular weight is 721 g/mol. The molecule has 0 N–H and O–H groups in total. The van der Waals surface area contributed by atoms with Crippen LogP contribution in [-0.2, 0) is 0 Å². The summed E-state index contributed by atoms with van der Waals surface area (Å²) in [4.78, 5) is 4.72. The number of hydrogen-bond acceptors (Lipinski definition) is 4. The largest absolute Gasteiger partial charge is 0.456 e. The van der Waals surface area contributed by atoms with Gasteiger partial charge in [0.15, 0.2) is 0 Å². The van der Waals surface area contributed by atoms with E-state index in [2.05, 4.69) is 166 Å². The van der Waals surface area contributed by atoms with E-state index < -0.39 is 0 Å². The predicted molar refractivity (Wildman–Crippen MR) is 226 cm³/mol. The van der Waals surface area contributed by atoms with Crippen molar-refractivity contribution >= 4 is 94.4 Å². The van der Waals surface area contributed by atoms with Gasteiger partial charge in [-0.1, -0.05) is 84.6 Å². The standard InChI is InChI=1S/C49H28N4OS/c50-29-30-17-21-43-38(25-30)36-11-3-7-15-42(36)52(43)33-19-23-45-49(28-33)55-48-27-32(51-40-13-5-1-9-34(40)35-10-2-6-14-41(35)51)18-22-44(48)53(45)31-20-24-47-39(26-31)37-12-4-8-16-46(37)54-47/h1-28H. The van der Waals surface area contributed by atoms with Gasteiger partial charge in [0.05, 0.1) is 45.1 Å². The van der Waals surface area contributed by atoms with Crippen LogP contribution in [0.15, 0.2) is 184 Å². The Bertz CT molecular complexity index is 3400. The zero-order valence-electron chi connectivity index (χ0n) is 29.3. The summed E-state index contributed by atoms with van der Waals surface area (Å²) in [5, 5.41) is 16.6. The van der Waals surface area contributed by atoms with E-state index in [9.17, 15) is 5.26 Å². The van der Waals surface area contributed by atoms with Gasteiger partial charge in [-0.15, -0.1) is 0 Å². The topological polar surface area (TPSA) is 50.0 Å². The molecule has 0 atom stereocenters. The van der Waals surface area contributed by atoms with Crippen LogP contribution in [0.3, 0.4) is 0 Å². The average Bonchev–Trinajstić information content (AvgIpc) is 3.89. The molecule has 0 spiro atoms. The second-order valence-electron chi connectivity index (χ2n) is 14.1. The van der Waals surface area contributed by atoms with E-state index in [0.717, 1.165) is 77.1 Å². The molecule has 4 heterocycles. The highest BCUT2D eigenvalue weighted by atomic mass is 32.2. The Labute approximate surface area is 319 Å². The van der Waals surface area contributed by atoms with Crippen LogP contribution in [0.4, 0.5) is 17.1 Å². The first-order valence-corrected chi connectivity index (χ1v) is 19.1. The Hall–Kier alpha value is -7.20. The number of rotatable bonds is 3. The van der Waals surface area contributed by atoms with Gasteiger partial charge in [-0.2, -0.15) is 5.26 Å². The summed E-state index contributed by atoms with van der Waals surface area (Å²) in [6.07, 6.45) is 0. The fraction of sp³-hybridized carbons (Fsp3) is 0. The third-order valence-electron chi connectivity index (χ3n) is 11.1. The van der Waals surface area contributed by atoms with E-state index in [1.807, 2.05) is 36.0 Å². The summed E-state index contributed by atoms with van der Waals surface area (Å²) in [6, 6.07) is 62.6. The molecule has 0 unspecified atom stereocenters. The molecule has 0 saturated carbocycles. The van der Waals surface area contributed by atoms with E-state index in [-0.39, 0.29) is 0 Å². The van der Waals surface area contributed by atoms with E-state index in [4.69, 9.17) is 4.42 Å². The number of hydrogen-bond donors (Lipinski definition) is 0. The van der Waals surface area contributed by atoms with Crippen LogP contribution in [0.5, 0.6) is 0 Å². The number of nitriles is 1. The molecule has 8 aromatic carbocycles. The minimum atomic E-state index is 0.657. The van der Waals surface area contributed by atoms with E-state index in [1.165, 1.54) is 26.7 Å². The van der Waals surface area contributed by atoms with Crippen LogP contribution in [0.1, 0.15) is 5.56 Å². The van der Waals surface area contributed by atoms with E-state index >= 15 is 0 Å². The third kappa shape index (κ3) is 4.36. The third-order valence-corrected chi connectivity index (χ3v) is 12.2. The minimum absolute atomic E-state index is 0.657. The zero-order chi connectivity index (χ0) is 36.2. The lowest BCUT2D eigenvalue weighted by Crippen LogP contribution is -2.15. The summed E-state index contributed by atoms with van der Waals surface area (Å²) in [6.45, 7) is 0. The molecule has 0 bridgehead atoms. The molecule has 0 fully saturated rings. The van der Waals surface area contributed by atoms with Crippen LogP contribution in [-0.4, -0.2) is 9.13 Å². The van der Waals surface area contributed by atoms with Gasteiger partial charge in [0.2, 0.25) is 0 Å². The van der Waals surface area contributed by atoms with E-state index in [0.29, 0.717) is 5.56 Å². The van der Waals surface area contributed by atoms with Crippen molar-refractivity contribution in [2.24, 2.45) is 0 Å². The molecule has 0 saturated heterocycles. The summed E-state index contributed by atoms with van der Waals surface area (Å²) < 4.78 is 11.0. The summed E-state index contributed by atoms with van der Waals surface area (Å²) in [5.74, 6) is 0. The highest BCUT2D eigenvalue weighted by Gasteiger charge is 2.28. The Kier molecular flexibility index (Phi) is 6.28. The Morgan fingerprint density at radius 2 is 0.927 bits per heavy atom. The molecule has 3 aromatic heterocycles. The fourth-order valence-corrected chi connectivity index (χ4v) is 9.84. The highest BCUT2D eigenvalue weighted by molar-refractivity contribution is 7.99. The number of anilines is 3. The van der Waals surface area contributed by atoms with Crippen molar-refractivity contribution in [3.8, 4) is 17.4 Å². The molecule has 1 aliphatic rings. The Morgan fingerprint density at radius 3 is 1.55 bits per heavy atom. The van der Waals surface area contributed by atoms with Crippen molar-refractivity contribution < 1.29 is 4.42 Å². The first-order chi connectivity index (χ1) is 27.2. The minimum Gasteiger partial charge on any atom is -0.456 e. The molecule has 0 amide bonds. The van der Waals surface area contributed by atoms with Gasteiger partial charge in [0.1, 0.15) is 11.2 Å². The second-order valence-corrected chi connectivity index (χ2v) is 15.2. The quantitative estimate of drug-likeness (QED) is 0.182. The van der Waals surface area contributed by atoms with Crippen molar-refractivity contribution in [2.75, 3.05) is 4.90 Å². The van der Waals surface area contributed by atoms with Gasteiger partial charge >= 0.3 is 0 Å². The molecule has 11 aromatic rings. The molecule has 55 heavy (non-hydrogen) atoms. The van der Waals surface area contributed by atoms with Crippen molar-refractivity contribution in [1.82, 2.24) is 9.13 Å². The van der Waals surface area contributed by atoms with Crippen LogP contribution < -0.4 is 4.90 Å². The highest BCUT2D eigenvalue weighted by Crippen LogP contribution is 2.53. The van der Waals surface area contributed by atoms with Crippen molar-refractivity contribution in [3.63, 3.8) is 0 Å². The molecular formula is C49H28N4OS. The molecular weight excluding hydrogens is 693 g/mol. The summed E-state index contributed by atoms with van der Waals surface area (Å²) >= 11 is 1.81. The first-order valence-electron chi connectivity index (χ1n) is 18.3. The van der Waals surface area contributed by atoms with Crippen molar-refractivity contribution in [2.45, 2.75) is 9.79 Å². The number of furan rings is 1. The van der Waals surface area contributed by atoms with Crippen LogP contribution >= 0.6 is 11.8 Å².